The highest BCUT2D eigenvalue weighted by molar-refractivity contribution is 7.14. The molecule has 28 heavy (non-hydrogen) atoms. The third kappa shape index (κ3) is 3.87. The molecule has 2 aromatic carbocycles. The minimum atomic E-state index is -0.171. The number of carbonyl (C=O) groups excluding carboxylic acids is 1. The van der Waals surface area contributed by atoms with Gasteiger partial charge in [0.25, 0.3) is 5.91 Å². The monoisotopic (exact) mass is 388 g/mol. The maximum atomic E-state index is 13.0. The number of benzene rings is 2. The summed E-state index contributed by atoms with van der Waals surface area (Å²) in [4.78, 5) is 18.2. The minimum absolute atomic E-state index is 0.171. The van der Waals surface area contributed by atoms with Crippen LogP contribution in [0.5, 0.6) is 0 Å². The fourth-order valence-electron chi connectivity index (χ4n) is 2.98. The average Bonchev–Trinajstić information content (AvgIpc) is 3.31. The summed E-state index contributed by atoms with van der Waals surface area (Å²) in [5.74, 6) is 0.491. The Labute approximate surface area is 167 Å². The number of nitrogens with zero attached hydrogens (tertiary/aromatic N) is 3. The molecule has 0 aliphatic carbocycles. The van der Waals surface area contributed by atoms with E-state index in [0.717, 1.165) is 16.1 Å². The van der Waals surface area contributed by atoms with Gasteiger partial charge in [0.1, 0.15) is 10.7 Å². The maximum Gasteiger partial charge on any atom is 0.269 e. The van der Waals surface area contributed by atoms with E-state index in [4.69, 9.17) is 0 Å². The third-order valence-corrected chi connectivity index (χ3v) is 5.37. The Morgan fingerprint density at radius 3 is 2.54 bits per heavy atom. The number of amides is 1. The first kappa shape index (κ1) is 18.1. The van der Waals surface area contributed by atoms with Gasteiger partial charge in [-0.2, -0.15) is 5.10 Å². The van der Waals surface area contributed by atoms with Crippen molar-refractivity contribution in [3.63, 3.8) is 0 Å². The Balaban J connectivity index is 1.57. The summed E-state index contributed by atoms with van der Waals surface area (Å²) in [6, 6.07) is 19.9. The topological polar surface area (TPSA) is 59.8 Å². The van der Waals surface area contributed by atoms with Gasteiger partial charge in [-0.15, -0.1) is 11.3 Å². The van der Waals surface area contributed by atoms with Crippen molar-refractivity contribution >= 4 is 23.1 Å². The van der Waals surface area contributed by atoms with Gasteiger partial charge in [0.15, 0.2) is 0 Å². The third-order valence-electron chi connectivity index (χ3n) is 4.40. The lowest BCUT2D eigenvalue weighted by atomic mass is 10.1. The van der Waals surface area contributed by atoms with Gasteiger partial charge in [-0.05, 0) is 19.4 Å². The first-order valence-electron chi connectivity index (χ1n) is 9.02. The lowest BCUT2D eigenvalue weighted by Gasteiger charge is -2.09. The van der Waals surface area contributed by atoms with Gasteiger partial charge in [0.05, 0.1) is 23.4 Å². The molecule has 0 bridgehead atoms. The Morgan fingerprint density at radius 1 is 1.04 bits per heavy atom. The van der Waals surface area contributed by atoms with E-state index in [1.165, 1.54) is 16.9 Å². The molecule has 0 atom stereocenters. The van der Waals surface area contributed by atoms with Crippen LogP contribution in [0.15, 0.2) is 66.9 Å². The summed E-state index contributed by atoms with van der Waals surface area (Å²) in [6.45, 7) is 4.57. The molecule has 140 valence electrons. The molecule has 0 radical (unpaired) electrons. The van der Waals surface area contributed by atoms with Gasteiger partial charge >= 0.3 is 0 Å². The lowest BCUT2D eigenvalue weighted by molar-refractivity contribution is 0.103. The van der Waals surface area contributed by atoms with Gasteiger partial charge in [-0.25, -0.2) is 9.67 Å². The largest absolute Gasteiger partial charge is 0.306 e. The van der Waals surface area contributed by atoms with E-state index in [1.807, 2.05) is 43.3 Å². The minimum Gasteiger partial charge on any atom is -0.306 e. The van der Waals surface area contributed by atoms with Crippen LogP contribution in [0, 0.1) is 13.8 Å². The number of aromatic nitrogens is 3. The molecule has 0 fully saturated rings. The number of aryl methyl sites for hydroxylation is 2. The SMILES string of the molecule is Cc1ccc(Cn2nccc2NC(=O)c2sc(C)nc2-c2ccccc2)cc1. The molecule has 0 unspecified atom stereocenters. The van der Waals surface area contributed by atoms with Crippen molar-refractivity contribution in [2.24, 2.45) is 0 Å². The smallest absolute Gasteiger partial charge is 0.269 e. The van der Waals surface area contributed by atoms with Gasteiger partial charge < -0.3 is 5.32 Å². The fraction of sp³-hybridized carbons (Fsp3) is 0.136. The second-order valence-corrected chi connectivity index (χ2v) is 7.79. The van der Waals surface area contributed by atoms with Crippen LogP contribution in [0.2, 0.25) is 0 Å². The molecule has 2 aromatic heterocycles. The number of nitrogens with one attached hydrogen (secondary N) is 1. The highest BCUT2D eigenvalue weighted by Crippen LogP contribution is 2.28. The number of anilines is 1. The summed E-state index contributed by atoms with van der Waals surface area (Å²) in [6.07, 6.45) is 1.69. The predicted molar refractivity (Wildman–Crippen MR) is 113 cm³/mol. The Hall–Kier alpha value is -3.25. The molecule has 1 N–H and O–H groups in total. The van der Waals surface area contributed by atoms with Gasteiger partial charge in [0.2, 0.25) is 0 Å². The van der Waals surface area contributed by atoms with Crippen LogP contribution in [-0.2, 0) is 6.54 Å². The summed E-state index contributed by atoms with van der Waals surface area (Å²) >= 11 is 1.40. The summed E-state index contributed by atoms with van der Waals surface area (Å²) in [5.41, 5.74) is 3.99. The zero-order valence-corrected chi connectivity index (χ0v) is 16.5. The molecule has 1 amide bonds. The maximum absolute atomic E-state index is 13.0. The number of thiazole rings is 1. The molecular weight excluding hydrogens is 368 g/mol. The van der Waals surface area contributed by atoms with E-state index < -0.39 is 0 Å². The van der Waals surface area contributed by atoms with Crippen LogP contribution >= 0.6 is 11.3 Å². The van der Waals surface area contributed by atoms with E-state index in [9.17, 15) is 4.79 Å². The summed E-state index contributed by atoms with van der Waals surface area (Å²) in [5, 5.41) is 8.21. The van der Waals surface area contributed by atoms with Gasteiger partial charge in [-0.1, -0.05) is 60.2 Å². The second-order valence-electron chi connectivity index (χ2n) is 6.59. The summed E-state index contributed by atoms with van der Waals surface area (Å²) < 4.78 is 1.79. The molecule has 0 spiro atoms. The molecule has 0 saturated heterocycles. The van der Waals surface area contributed by atoms with E-state index in [2.05, 4.69) is 46.6 Å². The normalized spacial score (nSPS) is 10.8. The molecular formula is C22H20N4OS. The first-order valence-corrected chi connectivity index (χ1v) is 9.83. The van der Waals surface area contributed by atoms with E-state index in [0.29, 0.717) is 22.9 Å². The highest BCUT2D eigenvalue weighted by Gasteiger charge is 2.19. The molecule has 4 aromatic rings. The van der Waals surface area contributed by atoms with E-state index in [1.54, 1.807) is 10.9 Å². The quantitative estimate of drug-likeness (QED) is 0.528. The average molecular weight is 388 g/mol. The Morgan fingerprint density at radius 2 is 1.79 bits per heavy atom. The second kappa shape index (κ2) is 7.78. The molecule has 4 rings (SSSR count). The van der Waals surface area contributed by atoms with Crippen molar-refractivity contribution in [2.45, 2.75) is 20.4 Å². The van der Waals surface area contributed by atoms with Crippen LogP contribution in [0.3, 0.4) is 0 Å². The number of hydrogen-bond donors (Lipinski definition) is 1. The van der Waals surface area contributed by atoms with Crippen molar-refractivity contribution < 1.29 is 4.79 Å². The van der Waals surface area contributed by atoms with Crippen LogP contribution in [0.1, 0.15) is 25.8 Å². The van der Waals surface area contributed by atoms with Crippen LogP contribution < -0.4 is 5.32 Å². The lowest BCUT2D eigenvalue weighted by Crippen LogP contribution is -2.16. The van der Waals surface area contributed by atoms with Crippen molar-refractivity contribution in [3.8, 4) is 11.3 Å². The predicted octanol–water partition coefficient (Wildman–Crippen LogP) is 4.92. The van der Waals surface area contributed by atoms with Crippen LogP contribution in [0.4, 0.5) is 5.82 Å². The van der Waals surface area contributed by atoms with Gasteiger partial charge in [0, 0.05) is 11.6 Å². The molecule has 5 nitrogen and oxygen atoms in total. The molecule has 0 aliphatic heterocycles. The Bertz CT molecular complexity index is 1100. The first-order chi connectivity index (χ1) is 13.6. The van der Waals surface area contributed by atoms with Crippen LogP contribution in [-0.4, -0.2) is 20.7 Å². The standard InChI is InChI=1S/C22H20N4OS/c1-15-8-10-17(11-9-15)14-26-19(12-13-23-26)25-22(27)21-20(24-16(2)28-21)18-6-4-3-5-7-18/h3-13H,14H2,1-2H3,(H,25,27). The number of carbonyl (C=O) groups is 1. The zero-order chi connectivity index (χ0) is 19.5. The van der Waals surface area contributed by atoms with Gasteiger partial charge in [-0.3, -0.25) is 4.79 Å². The van der Waals surface area contributed by atoms with Crippen LogP contribution in [0.25, 0.3) is 11.3 Å². The molecule has 0 saturated carbocycles. The van der Waals surface area contributed by atoms with E-state index >= 15 is 0 Å². The van der Waals surface area contributed by atoms with E-state index in [-0.39, 0.29) is 5.91 Å². The van der Waals surface area contributed by atoms with Crippen molar-refractivity contribution in [3.05, 3.63) is 87.9 Å². The Kier molecular flexibility index (Phi) is 5.04. The molecule has 2 heterocycles. The number of hydrogen-bond acceptors (Lipinski definition) is 4. The zero-order valence-electron chi connectivity index (χ0n) is 15.7. The fourth-order valence-corrected chi connectivity index (χ4v) is 3.81. The van der Waals surface area contributed by atoms with Crippen molar-refractivity contribution in [2.75, 3.05) is 5.32 Å². The van der Waals surface area contributed by atoms with Crippen molar-refractivity contribution in [1.82, 2.24) is 14.8 Å². The number of rotatable bonds is 5. The van der Waals surface area contributed by atoms with Crippen molar-refractivity contribution in [1.29, 1.82) is 0 Å². The highest BCUT2D eigenvalue weighted by atomic mass is 32.1. The summed E-state index contributed by atoms with van der Waals surface area (Å²) in [7, 11) is 0. The molecule has 6 heteroatoms. The molecule has 0 aliphatic rings.